The minimum absolute atomic E-state index is 0.0796. The van der Waals surface area contributed by atoms with Gasteiger partial charge in [-0.2, -0.15) is 15.0 Å². The highest BCUT2D eigenvalue weighted by molar-refractivity contribution is 6.28. The zero-order valence-electron chi connectivity index (χ0n) is 31.9. The summed E-state index contributed by atoms with van der Waals surface area (Å²) in [5.74, 6) is 1.15. The van der Waals surface area contributed by atoms with Crippen LogP contribution in [-0.2, 0) is 9.59 Å². The van der Waals surface area contributed by atoms with Crippen molar-refractivity contribution in [2.75, 3.05) is 49.1 Å². The Balaban J connectivity index is 2.03. The van der Waals surface area contributed by atoms with Crippen molar-refractivity contribution < 1.29 is 9.59 Å². The molecule has 1 aromatic heterocycles. The number of nitrogens with one attached hydrogen (secondary N) is 2. The van der Waals surface area contributed by atoms with Gasteiger partial charge in [0.2, 0.25) is 29.0 Å². The molecule has 3 heterocycles. The van der Waals surface area contributed by atoms with E-state index in [4.69, 9.17) is 16.6 Å². The van der Waals surface area contributed by atoms with Crippen molar-refractivity contribution in [3.63, 3.8) is 0 Å². The SMILES string of the molecule is CCCCN(c1nc(Cl)nc(N(CCCC)C(C)(C)CN2CC(C)(C)NC(C)(C)C2=O)n1)C(C)(C)CN1CC(C)(C)NC(C)(C)C1=O. The zero-order valence-corrected chi connectivity index (χ0v) is 32.7. The summed E-state index contributed by atoms with van der Waals surface area (Å²) in [6, 6.07) is 0. The van der Waals surface area contributed by atoms with Crippen LogP contribution in [-0.4, -0.2) is 109 Å². The number of amides is 2. The molecule has 0 aliphatic carbocycles. The summed E-state index contributed by atoms with van der Waals surface area (Å²) >= 11 is 6.72. The van der Waals surface area contributed by atoms with Crippen molar-refractivity contribution in [3.8, 4) is 0 Å². The maximum Gasteiger partial charge on any atom is 0.242 e. The van der Waals surface area contributed by atoms with Crippen LogP contribution in [0.25, 0.3) is 0 Å². The summed E-state index contributed by atoms with van der Waals surface area (Å²) in [6.07, 6.45) is 3.84. The predicted octanol–water partition coefficient (Wildman–Crippen LogP) is 5.27. The third kappa shape index (κ3) is 9.47. The third-order valence-electron chi connectivity index (χ3n) is 9.27. The van der Waals surface area contributed by atoms with E-state index in [0.29, 0.717) is 51.2 Å². The molecular weight excluding hydrogens is 614 g/mol. The second-order valence-electron chi connectivity index (χ2n) is 17.4. The number of aromatic nitrogens is 3. The Bertz CT molecular complexity index is 1190. The number of unbranched alkanes of at least 4 members (excludes halogenated alkanes) is 2. The summed E-state index contributed by atoms with van der Waals surface area (Å²) in [5.41, 5.74) is -2.82. The van der Waals surface area contributed by atoms with E-state index in [2.05, 4.69) is 99.6 Å². The topological polar surface area (TPSA) is 110 Å². The summed E-state index contributed by atoms with van der Waals surface area (Å²) in [4.78, 5) is 50.0. The fraction of sp³-hybridized carbons (Fsp3) is 0.857. The molecule has 0 unspecified atom stereocenters. The fourth-order valence-electron chi connectivity index (χ4n) is 7.68. The number of hydrogen-bond donors (Lipinski definition) is 2. The van der Waals surface area contributed by atoms with E-state index in [1.54, 1.807) is 0 Å². The number of carbonyl (C=O) groups excluding carboxylic acids is 2. The molecule has 0 atom stereocenters. The van der Waals surface area contributed by atoms with Gasteiger partial charge in [0.25, 0.3) is 0 Å². The van der Waals surface area contributed by atoms with Gasteiger partial charge in [-0.25, -0.2) is 0 Å². The molecule has 0 saturated carbocycles. The van der Waals surface area contributed by atoms with E-state index < -0.39 is 22.2 Å². The Morgan fingerprint density at radius 1 is 0.681 bits per heavy atom. The number of piperazine rings is 2. The minimum Gasteiger partial charge on any atom is -0.337 e. The molecule has 0 bridgehead atoms. The lowest BCUT2D eigenvalue weighted by Gasteiger charge is -2.51. The maximum absolute atomic E-state index is 13.6. The molecule has 2 amide bonds. The van der Waals surface area contributed by atoms with Crippen molar-refractivity contribution in [1.29, 1.82) is 0 Å². The summed E-state index contributed by atoms with van der Waals surface area (Å²) in [5, 5.41) is 7.13. The number of rotatable bonds is 14. The van der Waals surface area contributed by atoms with E-state index in [9.17, 15) is 9.59 Å². The first-order valence-corrected chi connectivity index (χ1v) is 17.9. The average Bonchev–Trinajstić information content (AvgIpc) is 2.88. The lowest BCUT2D eigenvalue weighted by Crippen LogP contribution is -2.71. The molecule has 0 radical (unpaired) electrons. The Hall–Kier alpha value is -2.24. The summed E-state index contributed by atoms with van der Waals surface area (Å²) in [7, 11) is 0. The second kappa shape index (κ2) is 13.9. The third-order valence-corrected chi connectivity index (χ3v) is 9.44. The standard InChI is InChI=1S/C35H64ClN9O2/c1-15-17-19-44(32(7,8)23-42-21-30(3,4)40-34(11,12)25(42)46)28-37-27(36)38-29(39-28)45(20-18-16-2)33(9,10)24-43-22-31(5,6)41-35(13,14)26(43)47/h40-41H,15-24H2,1-14H3. The van der Waals surface area contributed by atoms with Gasteiger partial charge in [-0.1, -0.05) is 26.7 Å². The van der Waals surface area contributed by atoms with E-state index in [1.165, 1.54) is 0 Å². The molecule has 2 aliphatic rings. The lowest BCUT2D eigenvalue weighted by atomic mass is 9.89. The molecule has 0 spiro atoms. The largest absolute Gasteiger partial charge is 0.337 e. The van der Waals surface area contributed by atoms with Crippen LogP contribution in [0.4, 0.5) is 11.9 Å². The van der Waals surface area contributed by atoms with Crippen LogP contribution >= 0.6 is 11.6 Å². The molecule has 11 nitrogen and oxygen atoms in total. The van der Waals surface area contributed by atoms with E-state index in [1.807, 2.05) is 37.5 Å². The summed E-state index contributed by atoms with van der Waals surface area (Å²) in [6.45, 7) is 32.9. The highest BCUT2D eigenvalue weighted by Gasteiger charge is 2.47. The number of hydrogen-bond acceptors (Lipinski definition) is 9. The predicted molar refractivity (Wildman–Crippen MR) is 193 cm³/mol. The molecule has 3 rings (SSSR count). The quantitative estimate of drug-likeness (QED) is 0.272. The van der Waals surface area contributed by atoms with Crippen molar-refractivity contribution in [1.82, 2.24) is 35.4 Å². The number of nitrogens with zero attached hydrogens (tertiary/aromatic N) is 7. The summed E-state index contributed by atoms with van der Waals surface area (Å²) < 4.78 is 0. The number of halogens is 1. The molecular formula is C35H64ClN9O2. The van der Waals surface area contributed by atoms with Gasteiger partial charge in [0.15, 0.2) is 0 Å². The van der Waals surface area contributed by atoms with Crippen molar-refractivity contribution >= 4 is 35.3 Å². The Kier molecular flexibility index (Phi) is 11.6. The molecule has 2 saturated heterocycles. The minimum atomic E-state index is -0.669. The smallest absolute Gasteiger partial charge is 0.242 e. The monoisotopic (exact) mass is 677 g/mol. The molecule has 47 heavy (non-hydrogen) atoms. The highest BCUT2D eigenvalue weighted by Crippen LogP contribution is 2.32. The van der Waals surface area contributed by atoms with Gasteiger partial charge < -0.3 is 19.6 Å². The second-order valence-corrected chi connectivity index (χ2v) is 17.8. The number of carbonyl (C=O) groups is 2. The number of anilines is 2. The van der Waals surface area contributed by atoms with Crippen LogP contribution in [0.15, 0.2) is 0 Å². The van der Waals surface area contributed by atoms with Gasteiger partial charge in [0, 0.05) is 50.3 Å². The average molecular weight is 678 g/mol. The van der Waals surface area contributed by atoms with Crippen LogP contribution < -0.4 is 20.4 Å². The Labute approximate surface area is 290 Å². The van der Waals surface area contributed by atoms with E-state index >= 15 is 0 Å². The van der Waals surface area contributed by atoms with Crippen LogP contribution in [0.5, 0.6) is 0 Å². The fourth-order valence-corrected chi connectivity index (χ4v) is 7.83. The zero-order chi connectivity index (χ0) is 35.8. The van der Waals surface area contributed by atoms with Crippen LogP contribution in [0.2, 0.25) is 5.28 Å². The van der Waals surface area contributed by atoms with Gasteiger partial charge in [0.05, 0.1) is 22.2 Å². The van der Waals surface area contributed by atoms with E-state index in [0.717, 1.165) is 25.7 Å². The Morgan fingerprint density at radius 3 is 1.34 bits per heavy atom. The lowest BCUT2D eigenvalue weighted by molar-refractivity contribution is -0.144. The molecule has 1 aromatic rings. The van der Waals surface area contributed by atoms with Crippen molar-refractivity contribution in [3.05, 3.63) is 5.28 Å². The van der Waals surface area contributed by atoms with Gasteiger partial charge in [-0.05, 0) is 108 Å². The molecule has 268 valence electrons. The molecule has 2 N–H and O–H groups in total. The van der Waals surface area contributed by atoms with Gasteiger partial charge in [-0.3, -0.25) is 20.2 Å². The van der Waals surface area contributed by atoms with E-state index in [-0.39, 0.29) is 28.2 Å². The highest BCUT2D eigenvalue weighted by atomic mass is 35.5. The van der Waals surface area contributed by atoms with Crippen molar-refractivity contribution in [2.45, 2.75) is 156 Å². The maximum atomic E-state index is 13.6. The van der Waals surface area contributed by atoms with Crippen molar-refractivity contribution in [2.24, 2.45) is 0 Å². The van der Waals surface area contributed by atoms with Gasteiger partial charge in [0.1, 0.15) is 0 Å². The first-order chi connectivity index (χ1) is 21.4. The van der Waals surface area contributed by atoms with Gasteiger partial charge >= 0.3 is 0 Å². The molecule has 0 aromatic carbocycles. The Morgan fingerprint density at radius 2 is 1.02 bits per heavy atom. The first kappa shape index (κ1) is 39.2. The molecule has 12 heteroatoms. The van der Waals surface area contributed by atoms with Crippen LogP contribution in [0.3, 0.4) is 0 Å². The van der Waals surface area contributed by atoms with Gasteiger partial charge in [-0.15, -0.1) is 0 Å². The first-order valence-electron chi connectivity index (χ1n) is 17.5. The molecule has 2 aliphatic heterocycles. The van der Waals surface area contributed by atoms with Crippen LogP contribution in [0.1, 0.15) is 123 Å². The van der Waals surface area contributed by atoms with Crippen LogP contribution in [0, 0.1) is 0 Å². The normalized spacial score (nSPS) is 20.8. The molecule has 2 fully saturated rings.